The first-order valence-electron chi connectivity index (χ1n) is 14.1. The summed E-state index contributed by atoms with van der Waals surface area (Å²) in [5.74, 6) is -3.04. The number of carbonyl (C=O) groups is 2. The minimum absolute atomic E-state index is 0.0391. The van der Waals surface area contributed by atoms with Crippen molar-refractivity contribution >= 4 is 17.6 Å². The summed E-state index contributed by atoms with van der Waals surface area (Å²) in [5, 5.41) is 20.4. The van der Waals surface area contributed by atoms with Gasteiger partial charge < -0.3 is 15.4 Å². The number of aromatic nitrogens is 3. The van der Waals surface area contributed by atoms with Gasteiger partial charge in [-0.3, -0.25) is 4.79 Å². The molecule has 3 fully saturated rings. The monoisotopic (exact) mass is 556 g/mol. The Morgan fingerprint density at radius 3 is 2.42 bits per heavy atom. The highest BCUT2D eigenvalue weighted by Crippen LogP contribution is 2.55. The van der Waals surface area contributed by atoms with E-state index in [1.165, 1.54) is 0 Å². The maximum Gasteiger partial charge on any atom is 0.408 e. The molecule has 11 heteroatoms. The van der Waals surface area contributed by atoms with Crippen LogP contribution in [0.1, 0.15) is 109 Å². The summed E-state index contributed by atoms with van der Waals surface area (Å²) in [7, 11) is 0. The Balaban J connectivity index is 1.42. The molecule has 216 valence electrons. The van der Waals surface area contributed by atoms with E-state index in [2.05, 4.69) is 28.7 Å². The van der Waals surface area contributed by atoms with Gasteiger partial charge in [0.25, 0.3) is 0 Å². The third-order valence-electron chi connectivity index (χ3n) is 8.48. The number of carbonyl (C=O) groups excluding carboxylic acids is 2. The van der Waals surface area contributed by atoms with Gasteiger partial charge >= 0.3 is 6.09 Å². The number of amides is 2. The lowest BCUT2D eigenvalue weighted by atomic mass is 9.81. The molecule has 40 heavy (non-hydrogen) atoms. The van der Waals surface area contributed by atoms with Crippen molar-refractivity contribution < 1.29 is 23.1 Å². The lowest BCUT2D eigenvalue weighted by molar-refractivity contribution is -0.123. The van der Waals surface area contributed by atoms with Gasteiger partial charge in [0.2, 0.25) is 11.8 Å². The summed E-state index contributed by atoms with van der Waals surface area (Å²) >= 11 is 0. The average molecular weight is 557 g/mol. The summed E-state index contributed by atoms with van der Waals surface area (Å²) in [6, 6.07) is 3.05. The minimum atomic E-state index is -2.71. The molecule has 0 saturated heterocycles. The number of nitrogens with zero attached hydrogens (tertiary/aromatic N) is 4. The Bertz CT molecular complexity index is 1330. The fraction of sp³-hybridized carbons (Fsp3) is 0.690. The van der Waals surface area contributed by atoms with Crippen LogP contribution in [0.2, 0.25) is 0 Å². The Morgan fingerprint density at radius 1 is 1.18 bits per heavy atom. The molecule has 3 aliphatic rings. The van der Waals surface area contributed by atoms with E-state index < -0.39 is 35.1 Å². The molecule has 0 spiro atoms. The van der Waals surface area contributed by atoms with Gasteiger partial charge in [-0.25, -0.2) is 23.1 Å². The summed E-state index contributed by atoms with van der Waals surface area (Å²) in [6.07, 6.45) is 6.48. The highest BCUT2D eigenvalue weighted by atomic mass is 19.3. The van der Waals surface area contributed by atoms with Crippen LogP contribution in [-0.4, -0.2) is 38.1 Å². The molecule has 2 heterocycles. The van der Waals surface area contributed by atoms with Gasteiger partial charge in [0, 0.05) is 19.3 Å². The Kier molecular flexibility index (Phi) is 7.04. The van der Waals surface area contributed by atoms with Gasteiger partial charge in [-0.2, -0.15) is 10.4 Å². The summed E-state index contributed by atoms with van der Waals surface area (Å²) < 4.78 is 34.9. The van der Waals surface area contributed by atoms with Gasteiger partial charge in [0.1, 0.15) is 5.60 Å². The van der Waals surface area contributed by atoms with E-state index in [1.807, 2.05) is 0 Å². The van der Waals surface area contributed by atoms with Crippen LogP contribution in [0.15, 0.2) is 18.5 Å². The highest BCUT2D eigenvalue weighted by molar-refractivity contribution is 5.78. The molecule has 0 bridgehead atoms. The molecule has 2 N–H and O–H groups in total. The van der Waals surface area contributed by atoms with Crippen molar-refractivity contribution in [1.29, 1.82) is 5.26 Å². The zero-order valence-electron chi connectivity index (χ0n) is 23.6. The van der Waals surface area contributed by atoms with E-state index in [0.29, 0.717) is 36.2 Å². The van der Waals surface area contributed by atoms with Crippen molar-refractivity contribution in [3.63, 3.8) is 0 Å². The second-order valence-electron chi connectivity index (χ2n) is 13.3. The van der Waals surface area contributed by atoms with Gasteiger partial charge in [0.15, 0.2) is 5.65 Å². The van der Waals surface area contributed by atoms with Crippen LogP contribution in [0.5, 0.6) is 0 Å². The number of rotatable bonds is 8. The first-order chi connectivity index (χ1) is 18.7. The van der Waals surface area contributed by atoms with Crippen molar-refractivity contribution in [3.05, 3.63) is 29.7 Å². The molecule has 2 aromatic heterocycles. The second kappa shape index (κ2) is 9.96. The second-order valence-corrected chi connectivity index (χ2v) is 13.3. The molecule has 2 atom stereocenters. The fourth-order valence-electron chi connectivity index (χ4n) is 5.61. The van der Waals surface area contributed by atoms with Crippen LogP contribution < -0.4 is 10.6 Å². The number of alkyl carbamates (subject to hydrolysis) is 1. The number of nitrogens with one attached hydrogen (secondary N) is 2. The predicted octanol–water partition coefficient (Wildman–Crippen LogP) is 5.77. The standard InChI is InChI=1S/C29H38F2N6O3/c1-26(2,3)40-25(39)36-23(18-5-7-29(30,31)8-6-18)20-16-37-21(34-20)13-19(15-33-37)24(28(17-32)11-12-28)35-22(38)14-27(4)9-10-27/h13,15-16,18,23-24H,5-12,14H2,1-4H3,(H,35,38)(H,36,39)/t23-,24+/m0/s1. The molecular weight excluding hydrogens is 518 g/mol. The lowest BCUT2D eigenvalue weighted by Crippen LogP contribution is -2.40. The first-order valence-corrected chi connectivity index (χ1v) is 14.1. The van der Waals surface area contributed by atoms with Crippen LogP contribution in [0, 0.1) is 28.1 Å². The van der Waals surface area contributed by atoms with Crippen LogP contribution >= 0.6 is 0 Å². The van der Waals surface area contributed by atoms with Crippen LogP contribution in [0.3, 0.4) is 0 Å². The van der Waals surface area contributed by atoms with Gasteiger partial charge in [0.05, 0.1) is 41.7 Å². The molecule has 2 aromatic rings. The number of hydrogen-bond donors (Lipinski definition) is 2. The summed E-state index contributed by atoms with van der Waals surface area (Å²) in [6.45, 7) is 7.36. The Morgan fingerprint density at radius 2 is 1.85 bits per heavy atom. The van der Waals surface area contributed by atoms with Crippen molar-refractivity contribution in [3.8, 4) is 6.07 Å². The molecule has 3 saturated carbocycles. The number of fused-ring (bicyclic) bond motifs is 1. The van der Waals surface area contributed by atoms with E-state index >= 15 is 0 Å². The number of ether oxygens (including phenoxy) is 1. The van der Waals surface area contributed by atoms with Crippen molar-refractivity contribution in [2.75, 3.05) is 0 Å². The number of hydrogen-bond acceptors (Lipinski definition) is 6. The molecule has 0 aromatic carbocycles. The summed E-state index contributed by atoms with van der Waals surface area (Å²) in [4.78, 5) is 30.4. The normalized spacial score (nSPS) is 22.5. The average Bonchev–Trinajstić information content (AvgIpc) is 3.76. The third-order valence-corrected chi connectivity index (χ3v) is 8.48. The number of nitriles is 1. The molecule has 0 aliphatic heterocycles. The number of alkyl halides is 2. The molecule has 5 rings (SSSR count). The van der Waals surface area contributed by atoms with E-state index in [0.717, 1.165) is 12.8 Å². The molecule has 0 unspecified atom stereocenters. The molecule has 3 aliphatic carbocycles. The summed E-state index contributed by atoms with van der Waals surface area (Å²) in [5.41, 5.74) is 0.300. The predicted molar refractivity (Wildman–Crippen MR) is 142 cm³/mol. The maximum atomic E-state index is 13.9. The first kappa shape index (κ1) is 28.2. The van der Waals surface area contributed by atoms with E-state index in [9.17, 15) is 23.6 Å². The third kappa shape index (κ3) is 6.37. The topological polar surface area (TPSA) is 121 Å². The zero-order chi connectivity index (χ0) is 28.9. The van der Waals surface area contributed by atoms with Crippen LogP contribution in [0.4, 0.5) is 13.6 Å². The van der Waals surface area contributed by atoms with E-state index in [-0.39, 0.29) is 42.9 Å². The molecule has 9 nitrogen and oxygen atoms in total. The largest absolute Gasteiger partial charge is 0.444 e. The highest BCUT2D eigenvalue weighted by Gasteiger charge is 2.52. The Hall–Kier alpha value is -3.29. The SMILES string of the molecule is CC1(CC(=O)N[C@H](c2cnn3cc([C@@H](NC(=O)OC(C)(C)C)C4CCC(F)(F)CC4)nc3c2)C2(C#N)CC2)CC1. The maximum absolute atomic E-state index is 13.9. The fourth-order valence-corrected chi connectivity index (χ4v) is 5.61. The van der Waals surface area contributed by atoms with Crippen molar-refractivity contribution in [2.45, 2.75) is 109 Å². The van der Waals surface area contributed by atoms with Crippen LogP contribution in [-0.2, 0) is 9.53 Å². The van der Waals surface area contributed by atoms with Gasteiger partial charge in [-0.1, -0.05) is 6.92 Å². The van der Waals surface area contributed by atoms with E-state index in [4.69, 9.17) is 9.72 Å². The van der Waals surface area contributed by atoms with Crippen molar-refractivity contribution in [2.24, 2.45) is 16.7 Å². The lowest BCUT2D eigenvalue weighted by Gasteiger charge is -2.33. The molecular formula is C29H38F2N6O3. The van der Waals surface area contributed by atoms with Gasteiger partial charge in [-0.15, -0.1) is 0 Å². The zero-order valence-corrected chi connectivity index (χ0v) is 23.6. The van der Waals surface area contributed by atoms with E-state index in [1.54, 1.807) is 43.7 Å². The van der Waals surface area contributed by atoms with Gasteiger partial charge in [-0.05, 0) is 82.3 Å². The van der Waals surface area contributed by atoms with Crippen LogP contribution in [0.25, 0.3) is 5.65 Å². The smallest absolute Gasteiger partial charge is 0.408 e. The molecule has 0 radical (unpaired) electrons. The van der Waals surface area contributed by atoms with Crippen molar-refractivity contribution in [1.82, 2.24) is 25.2 Å². The Labute approximate surface area is 233 Å². The quantitative estimate of drug-likeness (QED) is 0.426. The molecule has 2 amide bonds. The number of halogens is 2. The minimum Gasteiger partial charge on any atom is -0.444 e. The number of imidazole rings is 1.